The van der Waals surface area contributed by atoms with Gasteiger partial charge in [0.25, 0.3) is 0 Å². The fourth-order valence-corrected chi connectivity index (χ4v) is 3.48. The second-order valence-corrected chi connectivity index (χ2v) is 7.70. The molecule has 0 saturated heterocycles. The first kappa shape index (κ1) is 17.5. The summed E-state index contributed by atoms with van der Waals surface area (Å²) in [6.45, 7) is 1.60. The molecule has 2 unspecified atom stereocenters. The lowest BCUT2D eigenvalue weighted by molar-refractivity contribution is 0.527. The Morgan fingerprint density at radius 3 is 2.56 bits per heavy atom. The van der Waals surface area contributed by atoms with Crippen LogP contribution >= 0.6 is 0 Å². The Hall–Kier alpha value is -2.90. The van der Waals surface area contributed by atoms with E-state index in [1.165, 1.54) is 0 Å². The van der Waals surface area contributed by atoms with Crippen molar-refractivity contribution in [3.8, 4) is 11.1 Å². The standard InChI is InChI=1S/C20H17N3O3S/c1-12(27(25)26)14-4-3-13-5-6-19-18(20(24)17(13)7-14)8-15(9-21-19)16-10-22-23(2)11-16/h3-12H,1-2H3,(H,25,26)/p-1. The van der Waals surface area contributed by atoms with Crippen molar-refractivity contribution < 1.29 is 8.76 Å². The van der Waals surface area contributed by atoms with Crippen molar-refractivity contribution in [1.82, 2.24) is 14.8 Å². The molecule has 4 rings (SSSR count). The molecule has 2 heterocycles. The first-order chi connectivity index (χ1) is 12.9. The molecule has 0 aliphatic heterocycles. The summed E-state index contributed by atoms with van der Waals surface area (Å²) in [4.78, 5) is 17.6. The molecule has 0 saturated carbocycles. The number of benzene rings is 1. The quantitative estimate of drug-likeness (QED) is 0.511. The van der Waals surface area contributed by atoms with Gasteiger partial charge in [0, 0.05) is 46.6 Å². The van der Waals surface area contributed by atoms with Crippen LogP contribution in [0, 0.1) is 0 Å². The van der Waals surface area contributed by atoms with Gasteiger partial charge in [-0.1, -0.05) is 18.2 Å². The van der Waals surface area contributed by atoms with Crippen molar-refractivity contribution in [3.63, 3.8) is 0 Å². The first-order valence-corrected chi connectivity index (χ1v) is 9.51. The molecule has 2 aromatic heterocycles. The van der Waals surface area contributed by atoms with Gasteiger partial charge in [0.2, 0.25) is 0 Å². The summed E-state index contributed by atoms with van der Waals surface area (Å²) in [5.74, 6) is 0. The van der Waals surface area contributed by atoms with Crippen LogP contribution in [0.1, 0.15) is 17.7 Å². The number of nitrogens with zero attached hydrogens (tertiary/aromatic N) is 3. The minimum atomic E-state index is -2.25. The average Bonchev–Trinajstić information content (AvgIpc) is 3.05. The van der Waals surface area contributed by atoms with Crippen LogP contribution < -0.4 is 5.43 Å². The third-order valence-electron chi connectivity index (χ3n) is 4.70. The third kappa shape index (κ3) is 3.15. The highest BCUT2D eigenvalue weighted by atomic mass is 32.2. The van der Waals surface area contributed by atoms with Crippen LogP contribution in [0.3, 0.4) is 0 Å². The Morgan fingerprint density at radius 1 is 1.07 bits per heavy atom. The lowest BCUT2D eigenvalue weighted by atomic mass is 10.1. The summed E-state index contributed by atoms with van der Waals surface area (Å²) in [5, 5.41) is 5.18. The molecule has 0 aliphatic rings. The normalized spacial score (nSPS) is 13.7. The molecule has 0 bridgehead atoms. The zero-order valence-corrected chi connectivity index (χ0v) is 15.6. The maximum absolute atomic E-state index is 13.2. The molecule has 27 heavy (non-hydrogen) atoms. The fourth-order valence-electron chi connectivity index (χ4n) is 3.11. The summed E-state index contributed by atoms with van der Waals surface area (Å²) < 4.78 is 24.3. The number of aromatic nitrogens is 3. The molecule has 6 nitrogen and oxygen atoms in total. The van der Waals surface area contributed by atoms with Crippen molar-refractivity contribution in [2.24, 2.45) is 7.05 Å². The summed E-state index contributed by atoms with van der Waals surface area (Å²) in [7, 11) is 1.83. The van der Waals surface area contributed by atoms with Crippen LogP contribution in [0.25, 0.3) is 32.8 Å². The predicted molar refractivity (Wildman–Crippen MR) is 105 cm³/mol. The van der Waals surface area contributed by atoms with E-state index in [4.69, 9.17) is 0 Å². The van der Waals surface area contributed by atoms with Gasteiger partial charge < -0.3 is 4.55 Å². The average molecular weight is 378 g/mol. The second-order valence-electron chi connectivity index (χ2n) is 6.47. The van der Waals surface area contributed by atoms with Gasteiger partial charge in [0.05, 0.1) is 11.7 Å². The van der Waals surface area contributed by atoms with E-state index in [9.17, 15) is 13.6 Å². The van der Waals surface area contributed by atoms with Crippen molar-refractivity contribution in [1.29, 1.82) is 0 Å². The van der Waals surface area contributed by atoms with Gasteiger partial charge in [-0.25, -0.2) is 0 Å². The SMILES string of the molecule is CC(c1ccc2ccc3ncc(-c4cnn(C)c4)cc3c(=O)c2c1)S(=O)[O-]. The molecule has 0 aliphatic carbocycles. The van der Waals surface area contributed by atoms with Gasteiger partial charge in [-0.05, 0) is 47.2 Å². The van der Waals surface area contributed by atoms with Crippen LogP contribution in [0.2, 0.25) is 0 Å². The topological polar surface area (TPSA) is 87.9 Å². The van der Waals surface area contributed by atoms with E-state index in [1.807, 2.05) is 25.4 Å². The number of hydrogen-bond acceptors (Lipinski definition) is 5. The van der Waals surface area contributed by atoms with Crippen molar-refractivity contribution >= 4 is 32.8 Å². The van der Waals surface area contributed by atoms with E-state index in [2.05, 4.69) is 10.1 Å². The highest BCUT2D eigenvalue weighted by Crippen LogP contribution is 2.24. The smallest absolute Gasteiger partial charge is 0.195 e. The van der Waals surface area contributed by atoms with E-state index in [-0.39, 0.29) is 5.43 Å². The van der Waals surface area contributed by atoms with Crippen LogP contribution in [0.15, 0.2) is 59.8 Å². The molecule has 2 atom stereocenters. The summed E-state index contributed by atoms with van der Waals surface area (Å²) in [6, 6.07) is 10.6. The third-order valence-corrected chi connectivity index (χ3v) is 5.55. The number of aryl methyl sites for hydroxylation is 1. The minimum Gasteiger partial charge on any atom is -0.772 e. The Bertz CT molecular complexity index is 1270. The molecular formula is C20H16N3O3S-. The molecular weight excluding hydrogens is 362 g/mol. The van der Waals surface area contributed by atoms with Gasteiger partial charge in [0.1, 0.15) is 0 Å². The maximum atomic E-state index is 13.2. The van der Waals surface area contributed by atoms with Gasteiger partial charge in [-0.3, -0.25) is 18.7 Å². The van der Waals surface area contributed by atoms with Crippen molar-refractivity contribution in [2.45, 2.75) is 12.2 Å². The monoisotopic (exact) mass is 378 g/mol. The lowest BCUT2D eigenvalue weighted by Crippen LogP contribution is -2.04. The van der Waals surface area contributed by atoms with E-state index in [0.717, 1.165) is 16.5 Å². The molecule has 4 aromatic rings. The lowest BCUT2D eigenvalue weighted by Gasteiger charge is -2.15. The highest BCUT2D eigenvalue weighted by Gasteiger charge is 2.10. The first-order valence-electron chi connectivity index (χ1n) is 8.38. The molecule has 0 radical (unpaired) electrons. The Morgan fingerprint density at radius 2 is 1.85 bits per heavy atom. The Labute approximate surface area is 157 Å². The highest BCUT2D eigenvalue weighted by molar-refractivity contribution is 7.79. The second kappa shape index (κ2) is 6.68. The summed E-state index contributed by atoms with van der Waals surface area (Å²) in [6.07, 6.45) is 5.30. The zero-order chi connectivity index (χ0) is 19.1. The van der Waals surface area contributed by atoms with Gasteiger partial charge in [0.15, 0.2) is 5.43 Å². The molecule has 0 fully saturated rings. The van der Waals surface area contributed by atoms with E-state index in [1.54, 1.807) is 48.3 Å². The van der Waals surface area contributed by atoms with E-state index >= 15 is 0 Å². The van der Waals surface area contributed by atoms with Crippen LogP contribution in [-0.2, 0) is 18.1 Å². The van der Waals surface area contributed by atoms with Crippen molar-refractivity contribution in [3.05, 3.63) is 70.8 Å². The number of pyridine rings is 1. The molecule has 0 amide bonds. The van der Waals surface area contributed by atoms with Crippen LogP contribution in [-0.4, -0.2) is 23.5 Å². The number of rotatable bonds is 3. The van der Waals surface area contributed by atoms with Crippen LogP contribution in [0.5, 0.6) is 0 Å². The molecule has 2 aromatic carbocycles. The predicted octanol–water partition coefficient (Wildman–Crippen LogP) is 3.09. The van der Waals surface area contributed by atoms with Gasteiger partial charge >= 0.3 is 0 Å². The van der Waals surface area contributed by atoms with Crippen LogP contribution in [0.4, 0.5) is 0 Å². The van der Waals surface area contributed by atoms with Crippen molar-refractivity contribution in [2.75, 3.05) is 0 Å². The summed E-state index contributed by atoms with van der Waals surface area (Å²) >= 11 is -2.25. The molecule has 0 N–H and O–H groups in total. The Kier molecular flexibility index (Phi) is 4.33. The Balaban J connectivity index is 2.00. The largest absolute Gasteiger partial charge is 0.772 e. The van der Waals surface area contributed by atoms with Gasteiger partial charge in [-0.15, -0.1) is 0 Å². The fraction of sp³-hybridized carbons (Fsp3) is 0.150. The molecule has 136 valence electrons. The maximum Gasteiger partial charge on any atom is 0.195 e. The molecule has 0 spiro atoms. The number of fused-ring (bicyclic) bond motifs is 2. The summed E-state index contributed by atoms with van der Waals surface area (Å²) in [5.41, 5.74) is 2.68. The molecule has 7 heteroatoms. The van der Waals surface area contributed by atoms with Gasteiger partial charge in [-0.2, -0.15) is 5.10 Å². The van der Waals surface area contributed by atoms with E-state index in [0.29, 0.717) is 21.9 Å². The minimum absolute atomic E-state index is 0.172. The number of hydrogen-bond donors (Lipinski definition) is 0. The van der Waals surface area contributed by atoms with E-state index < -0.39 is 16.3 Å². The zero-order valence-electron chi connectivity index (χ0n) is 14.7.